The molecule has 2 heterocycles. The van der Waals surface area contributed by atoms with Crippen LogP contribution in [0.4, 0.5) is 0 Å². The fourth-order valence-corrected chi connectivity index (χ4v) is 4.49. The number of nitrogens with one attached hydrogen (secondary N) is 1. The molecule has 3 aromatic rings. The molecule has 0 saturated heterocycles. The highest BCUT2D eigenvalue weighted by molar-refractivity contribution is 5.80. The van der Waals surface area contributed by atoms with E-state index >= 15 is 0 Å². The van der Waals surface area contributed by atoms with E-state index in [0.29, 0.717) is 11.4 Å². The molecule has 1 aromatic heterocycles. The maximum absolute atomic E-state index is 12.5. The van der Waals surface area contributed by atoms with Crippen LogP contribution in [-0.2, 0) is 0 Å². The number of hydrogen-bond acceptors (Lipinski definition) is 3. The summed E-state index contributed by atoms with van der Waals surface area (Å²) in [6, 6.07) is 16.9. The van der Waals surface area contributed by atoms with E-state index in [1.807, 2.05) is 25.1 Å². The molecule has 5 rings (SSSR count). The first-order valence-corrected chi connectivity index (χ1v) is 10.4. The first-order chi connectivity index (χ1) is 14.2. The lowest BCUT2D eigenvalue weighted by atomic mass is 9.98. The Labute approximate surface area is 170 Å². The standard InChI is InChI=1S/C25H25N3O/c1-17-7-10-23-22(15-17)25(29)27-24(26-23)20-8-9-21(16-20)28-13-11-19(12-14-28)18-5-3-2-4-6-18/h2-7,10-11,15-16,21H,8-9,12-14H2,1H3,(H,26,27,29). The van der Waals surface area contributed by atoms with Crippen LogP contribution in [0.25, 0.3) is 22.0 Å². The SMILES string of the molecule is Cc1ccc2nc(C3=CC(N4CC=C(c5ccccc5)CC4)CC3)[nH]c(=O)c2c1. The zero-order chi connectivity index (χ0) is 19.8. The number of allylic oxidation sites excluding steroid dienone is 1. The van der Waals surface area contributed by atoms with Crippen molar-refractivity contribution in [3.8, 4) is 0 Å². The van der Waals surface area contributed by atoms with Crippen LogP contribution in [0.15, 0.2) is 65.5 Å². The Kier molecular flexibility index (Phi) is 4.64. The predicted molar refractivity (Wildman–Crippen MR) is 119 cm³/mol. The molecule has 1 atom stereocenters. The van der Waals surface area contributed by atoms with E-state index in [1.165, 1.54) is 11.1 Å². The monoisotopic (exact) mass is 383 g/mol. The highest BCUT2D eigenvalue weighted by Gasteiger charge is 2.25. The Morgan fingerprint density at radius 1 is 1.07 bits per heavy atom. The van der Waals surface area contributed by atoms with Gasteiger partial charge in [0.05, 0.1) is 10.9 Å². The summed E-state index contributed by atoms with van der Waals surface area (Å²) in [4.78, 5) is 22.8. The summed E-state index contributed by atoms with van der Waals surface area (Å²) in [7, 11) is 0. The van der Waals surface area contributed by atoms with Crippen molar-refractivity contribution in [2.45, 2.75) is 32.2 Å². The first kappa shape index (κ1) is 18.1. The predicted octanol–water partition coefficient (Wildman–Crippen LogP) is 4.57. The van der Waals surface area contributed by atoms with E-state index in [9.17, 15) is 4.79 Å². The number of aromatic amines is 1. The van der Waals surface area contributed by atoms with Gasteiger partial charge in [-0.15, -0.1) is 0 Å². The van der Waals surface area contributed by atoms with Crippen molar-refractivity contribution >= 4 is 22.0 Å². The third-order valence-electron chi connectivity index (χ3n) is 6.12. The third kappa shape index (κ3) is 3.56. The summed E-state index contributed by atoms with van der Waals surface area (Å²) < 4.78 is 0. The molecule has 146 valence electrons. The van der Waals surface area contributed by atoms with Crippen molar-refractivity contribution in [3.05, 3.63) is 88.0 Å². The van der Waals surface area contributed by atoms with Crippen LogP contribution in [0.2, 0.25) is 0 Å². The van der Waals surface area contributed by atoms with Gasteiger partial charge in [-0.3, -0.25) is 9.69 Å². The normalized spacial score (nSPS) is 20.0. The lowest BCUT2D eigenvalue weighted by Crippen LogP contribution is -2.36. The molecule has 0 fully saturated rings. The minimum absolute atomic E-state index is 0.0496. The summed E-state index contributed by atoms with van der Waals surface area (Å²) >= 11 is 0. The molecule has 0 spiro atoms. The van der Waals surface area contributed by atoms with Crippen molar-refractivity contribution in [2.24, 2.45) is 0 Å². The molecular formula is C25H25N3O. The average molecular weight is 383 g/mol. The van der Waals surface area contributed by atoms with Crippen molar-refractivity contribution in [3.63, 3.8) is 0 Å². The molecule has 1 unspecified atom stereocenters. The number of aromatic nitrogens is 2. The Morgan fingerprint density at radius 3 is 2.72 bits per heavy atom. The summed E-state index contributed by atoms with van der Waals surface area (Å²) in [5, 5.41) is 0.665. The Hall–Kier alpha value is -2.98. The van der Waals surface area contributed by atoms with Crippen molar-refractivity contribution in [1.82, 2.24) is 14.9 Å². The molecule has 4 heteroatoms. The second kappa shape index (κ2) is 7.45. The molecule has 1 aliphatic carbocycles. The number of H-pyrrole nitrogens is 1. The van der Waals surface area contributed by atoms with Gasteiger partial charge in [0.2, 0.25) is 0 Å². The molecule has 0 amide bonds. The van der Waals surface area contributed by atoms with Gasteiger partial charge in [0.15, 0.2) is 0 Å². The van der Waals surface area contributed by atoms with Gasteiger partial charge in [-0.2, -0.15) is 0 Å². The number of benzene rings is 2. The zero-order valence-electron chi connectivity index (χ0n) is 16.7. The van der Waals surface area contributed by atoms with E-state index in [2.05, 4.69) is 52.4 Å². The number of hydrogen-bond donors (Lipinski definition) is 1. The van der Waals surface area contributed by atoms with Crippen molar-refractivity contribution in [1.29, 1.82) is 0 Å². The quantitative estimate of drug-likeness (QED) is 0.721. The fraction of sp³-hybridized carbons (Fsp3) is 0.280. The van der Waals surface area contributed by atoms with Gasteiger partial charge in [-0.25, -0.2) is 4.98 Å². The van der Waals surface area contributed by atoms with Crippen LogP contribution < -0.4 is 5.56 Å². The average Bonchev–Trinajstić information content (AvgIpc) is 3.25. The smallest absolute Gasteiger partial charge is 0.259 e. The van der Waals surface area contributed by atoms with Crippen LogP contribution in [0, 0.1) is 6.92 Å². The largest absolute Gasteiger partial charge is 0.306 e. The first-order valence-electron chi connectivity index (χ1n) is 10.4. The van der Waals surface area contributed by atoms with Gasteiger partial charge in [0, 0.05) is 19.1 Å². The second-order valence-corrected chi connectivity index (χ2v) is 8.07. The van der Waals surface area contributed by atoms with Crippen LogP contribution >= 0.6 is 0 Å². The minimum atomic E-state index is -0.0496. The molecule has 0 saturated carbocycles. The van der Waals surface area contributed by atoms with E-state index < -0.39 is 0 Å². The maximum atomic E-state index is 12.5. The summed E-state index contributed by atoms with van der Waals surface area (Å²) in [5.74, 6) is 0.728. The molecule has 2 aromatic carbocycles. The van der Waals surface area contributed by atoms with Crippen molar-refractivity contribution < 1.29 is 0 Å². The van der Waals surface area contributed by atoms with E-state index in [4.69, 9.17) is 4.98 Å². The van der Waals surface area contributed by atoms with Gasteiger partial charge in [-0.1, -0.05) is 54.1 Å². The van der Waals surface area contributed by atoms with E-state index in [-0.39, 0.29) is 5.56 Å². The Bertz CT molecular complexity index is 1170. The van der Waals surface area contributed by atoms with Crippen LogP contribution in [0.5, 0.6) is 0 Å². The van der Waals surface area contributed by atoms with Gasteiger partial charge in [0.25, 0.3) is 5.56 Å². The van der Waals surface area contributed by atoms with Gasteiger partial charge >= 0.3 is 0 Å². The van der Waals surface area contributed by atoms with Crippen LogP contribution in [0.1, 0.15) is 36.2 Å². The molecular weight excluding hydrogens is 358 g/mol. The number of rotatable bonds is 3. The molecule has 1 N–H and O–H groups in total. The number of nitrogens with zero attached hydrogens (tertiary/aromatic N) is 2. The van der Waals surface area contributed by atoms with Crippen LogP contribution in [-0.4, -0.2) is 34.0 Å². The highest BCUT2D eigenvalue weighted by Crippen LogP contribution is 2.31. The molecule has 0 radical (unpaired) electrons. The summed E-state index contributed by atoms with van der Waals surface area (Å²) in [6.07, 6.45) is 7.78. The van der Waals surface area contributed by atoms with Gasteiger partial charge in [0.1, 0.15) is 5.82 Å². The maximum Gasteiger partial charge on any atom is 0.259 e. The molecule has 2 aliphatic rings. The topological polar surface area (TPSA) is 49.0 Å². The Morgan fingerprint density at radius 2 is 1.93 bits per heavy atom. The second-order valence-electron chi connectivity index (χ2n) is 8.07. The zero-order valence-corrected chi connectivity index (χ0v) is 16.7. The van der Waals surface area contributed by atoms with E-state index in [1.54, 1.807) is 0 Å². The molecule has 1 aliphatic heterocycles. The highest BCUT2D eigenvalue weighted by atomic mass is 16.1. The third-order valence-corrected chi connectivity index (χ3v) is 6.12. The van der Waals surface area contributed by atoms with Crippen LogP contribution in [0.3, 0.4) is 0 Å². The lowest BCUT2D eigenvalue weighted by molar-refractivity contribution is 0.250. The Balaban J connectivity index is 1.36. The van der Waals surface area contributed by atoms with E-state index in [0.717, 1.165) is 54.8 Å². The number of aryl methyl sites for hydroxylation is 1. The lowest BCUT2D eigenvalue weighted by Gasteiger charge is -2.30. The summed E-state index contributed by atoms with van der Waals surface area (Å²) in [5.41, 5.74) is 5.74. The molecule has 29 heavy (non-hydrogen) atoms. The molecule has 0 bridgehead atoms. The van der Waals surface area contributed by atoms with Gasteiger partial charge in [-0.05, 0) is 55.0 Å². The number of fused-ring (bicyclic) bond motifs is 1. The van der Waals surface area contributed by atoms with Crippen molar-refractivity contribution in [2.75, 3.05) is 13.1 Å². The fourth-order valence-electron chi connectivity index (χ4n) is 4.49. The van der Waals surface area contributed by atoms with Gasteiger partial charge < -0.3 is 4.98 Å². The summed E-state index contributed by atoms with van der Waals surface area (Å²) in [6.45, 7) is 4.03. The molecule has 4 nitrogen and oxygen atoms in total. The minimum Gasteiger partial charge on any atom is -0.306 e.